The van der Waals surface area contributed by atoms with Crippen LogP contribution in [0.15, 0.2) is 77.7 Å². The average molecular weight is 496 g/mol. The van der Waals surface area contributed by atoms with Gasteiger partial charge in [-0.25, -0.2) is 0 Å². The minimum Gasteiger partial charge on any atom is -0.497 e. The molecule has 3 aromatic rings. The minimum absolute atomic E-state index is 0.0839. The zero-order valence-corrected chi connectivity index (χ0v) is 20.4. The van der Waals surface area contributed by atoms with Gasteiger partial charge >= 0.3 is 0 Å². The van der Waals surface area contributed by atoms with Gasteiger partial charge in [0.2, 0.25) is 0 Å². The Labute approximate surface area is 208 Å². The highest BCUT2D eigenvalue weighted by atomic mass is 35.5. The number of carbonyl (C=O) groups excluding carboxylic acids is 1. The molecule has 0 aliphatic carbocycles. The Kier molecular flexibility index (Phi) is 7.70. The second-order valence-electron chi connectivity index (χ2n) is 7.35. The monoisotopic (exact) mass is 495 g/mol. The Morgan fingerprint density at radius 2 is 1.76 bits per heavy atom. The molecule has 1 fully saturated rings. The Balaban J connectivity index is 1.45. The fourth-order valence-electron chi connectivity index (χ4n) is 3.37. The number of hydrogen-bond donors (Lipinski definition) is 0. The van der Waals surface area contributed by atoms with Crippen LogP contribution in [0.4, 0.5) is 0 Å². The van der Waals surface area contributed by atoms with Gasteiger partial charge in [-0.05, 0) is 42.3 Å². The molecule has 0 N–H and O–H groups in total. The van der Waals surface area contributed by atoms with Crippen LogP contribution in [-0.2, 0) is 17.8 Å². The quantitative estimate of drug-likeness (QED) is 0.268. The summed E-state index contributed by atoms with van der Waals surface area (Å²) in [6.45, 7) is 0.867. The van der Waals surface area contributed by atoms with Gasteiger partial charge in [0.15, 0.2) is 0 Å². The minimum atomic E-state index is -0.0839. The Morgan fingerprint density at radius 1 is 1.03 bits per heavy atom. The van der Waals surface area contributed by atoms with E-state index in [0.29, 0.717) is 39.6 Å². The maximum Gasteiger partial charge on any atom is 0.266 e. The molecule has 0 radical (unpaired) electrons. The fourth-order valence-corrected chi connectivity index (χ4v) is 4.86. The van der Waals surface area contributed by atoms with Crippen LogP contribution in [-0.4, -0.2) is 28.8 Å². The summed E-state index contributed by atoms with van der Waals surface area (Å²) in [5.74, 6) is 1.41. The van der Waals surface area contributed by atoms with Gasteiger partial charge in [0.25, 0.3) is 5.91 Å². The van der Waals surface area contributed by atoms with Crippen molar-refractivity contribution in [1.29, 1.82) is 0 Å². The molecule has 0 saturated carbocycles. The van der Waals surface area contributed by atoms with Crippen molar-refractivity contribution in [2.45, 2.75) is 13.0 Å². The molecule has 4 rings (SSSR count). The fraction of sp³-hybridized carbons (Fsp3) is 0.154. The van der Waals surface area contributed by atoms with Crippen molar-refractivity contribution in [3.8, 4) is 11.5 Å². The molecule has 168 valence electrons. The molecule has 7 heteroatoms. The molecule has 1 aliphatic rings. The number of thiocarbonyl (C=S) groups is 1. The smallest absolute Gasteiger partial charge is 0.266 e. The maximum absolute atomic E-state index is 13.0. The molecule has 1 aliphatic heterocycles. The van der Waals surface area contributed by atoms with Crippen molar-refractivity contribution >= 4 is 51.9 Å². The number of methoxy groups -OCH3 is 1. The van der Waals surface area contributed by atoms with Gasteiger partial charge in [0.1, 0.15) is 22.4 Å². The highest BCUT2D eigenvalue weighted by Crippen LogP contribution is 2.34. The number of carbonyl (C=O) groups is 1. The number of thioether (sulfide) groups is 1. The molecular formula is C26H22ClNO3S2. The molecule has 1 heterocycles. The third-order valence-corrected chi connectivity index (χ3v) is 6.95. The lowest BCUT2D eigenvalue weighted by atomic mass is 10.1. The molecule has 33 heavy (non-hydrogen) atoms. The van der Waals surface area contributed by atoms with E-state index >= 15 is 0 Å². The summed E-state index contributed by atoms with van der Waals surface area (Å²) in [5, 5.41) is 0.660. The van der Waals surface area contributed by atoms with E-state index in [4.69, 9.17) is 33.3 Å². The molecule has 3 aromatic carbocycles. The molecular weight excluding hydrogens is 474 g/mol. The van der Waals surface area contributed by atoms with E-state index in [9.17, 15) is 4.79 Å². The zero-order valence-electron chi connectivity index (χ0n) is 18.0. The molecule has 4 nitrogen and oxygen atoms in total. The molecule has 1 amide bonds. The number of ether oxygens (including phenoxy) is 2. The number of nitrogens with zero attached hydrogens (tertiary/aromatic N) is 1. The van der Waals surface area contributed by atoms with Gasteiger partial charge in [0, 0.05) is 22.7 Å². The highest BCUT2D eigenvalue weighted by molar-refractivity contribution is 8.26. The Morgan fingerprint density at radius 3 is 2.52 bits per heavy atom. The molecule has 0 bridgehead atoms. The summed E-state index contributed by atoms with van der Waals surface area (Å²) in [7, 11) is 1.64. The summed E-state index contributed by atoms with van der Waals surface area (Å²) < 4.78 is 11.8. The van der Waals surface area contributed by atoms with Crippen molar-refractivity contribution in [3.63, 3.8) is 0 Å². The normalized spacial score (nSPS) is 14.7. The largest absolute Gasteiger partial charge is 0.497 e. The van der Waals surface area contributed by atoms with E-state index in [1.165, 1.54) is 11.8 Å². The Bertz CT molecular complexity index is 1190. The van der Waals surface area contributed by atoms with Crippen LogP contribution in [0.2, 0.25) is 5.02 Å². The third-order valence-electron chi connectivity index (χ3n) is 5.20. The first-order valence-corrected chi connectivity index (χ1v) is 12.0. The molecule has 0 atom stereocenters. The first kappa shape index (κ1) is 23.4. The average Bonchev–Trinajstić information content (AvgIpc) is 3.10. The SMILES string of the molecule is COc1ccc(CCN2C(=O)C(=Cc3ccccc3OCc3ccccc3Cl)SC2=S)cc1. The van der Waals surface area contributed by atoms with Gasteiger partial charge in [-0.15, -0.1) is 0 Å². The lowest BCUT2D eigenvalue weighted by molar-refractivity contribution is -0.122. The van der Waals surface area contributed by atoms with Gasteiger partial charge < -0.3 is 9.47 Å². The van der Waals surface area contributed by atoms with Crippen LogP contribution in [0.1, 0.15) is 16.7 Å². The van der Waals surface area contributed by atoms with Crippen LogP contribution in [0.3, 0.4) is 0 Å². The van der Waals surface area contributed by atoms with Gasteiger partial charge in [-0.1, -0.05) is 84.1 Å². The summed E-state index contributed by atoms with van der Waals surface area (Å²) >= 11 is 13.0. The summed E-state index contributed by atoms with van der Waals surface area (Å²) in [6, 6.07) is 23.0. The predicted molar refractivity (Wildman–Crippen MR) is 139 cm³/mol. The predicted octanol–water partition coefficient (Wildman–Crippen LogP) is 6.37. The summed E-state index contributed by atoms with van der Waals surface area (Å²) in [5.41, 5.74) is 2.84. The molecule has 0 aromatic heterocycles. The number of para-hydroxylation sites is 1. The first-order valence-electron chi connectivity index (χ1n) is 10.4. The van der Waals surface area contributed by atoms with Crippen LogP contribution in [0.5, 0.6) is 11.5 Å². The van der Waals surface area contributed by atoms with Crippen LogP contribution in [0.25, 0.3) is 6.08 Å². The van der Waals surface area contributed by atoms with E-state index in [0.717, 1.165) is 22.4 Å². The topological polar surface area (TPSA) is 38.8 Å². The van der Waals surface area contributed by atoms with E-state index in [1.807, 2.05) is 78.9 Å². The van der Waals surface area contributed by atoms with Crippen molar-refractivity contribution in [3.05, 3.63) is 99.4 Å². The van der Waals surface area contributed by atoms with Gasteiger partial charge in [-0.2, -0.15) is 0 Å². The third kappa shape index (κ3) is 5.77. The van der Waals surface area contributed by atoms with E-state index in [2.05, 4.69) is 0 Å². The second kappa shape index (κ2) is 10.9. The number of amides is 1. The van der Waals surface area contributed by atoms with E-state index in [-0.39, 0.29) is 5.91 Å². The van der Waals surface area contributed by atoms with Crippen molar-refractivity contribution in [2.24, 2.45) is 0 Å². The van der Waals surface area contributed by atoms with E-state index in [1.54, 1.807) is 12.0 Å². The van der Waals surface area contributed by atoms with Gasteiger partial charge in [-0.3, -0.25) is 9.69 Å². The van der Waals surface area contributed by atoms with Gasteiger partial charge in [0.05, 0.1) is 12.0 Å². The van der Waals surface area contributed by atoms with Crippen molar-refractivity contribution < 1.29 is 14.3 Å². The molecule has 1 saturated heterocycles. The number of rotatable bonds is 8. The summed E-state index contributed by atoms with van der Waals surface area (Å²) in [4.78, 5) is 15.3. The number of hydrogen-bond acceptors (Lipinski definition) is 5. The van der Waals surface area contributed by atoms with E-state index < -0.39 is 0 Å². The Hall–Kier alpha value is -2.80. The lowest BCUT2D eigenvalue weighted by Crippen LogP contribution is -2.30. The first-order chi connectivity index (χ1) is 16.0. The van der Waals surface area contributed by atoms with Crippen molar-refractivity contribution in [2.75, 3.05) is 13.7 Å². The zero-order chi connectivity index (χ0) is 23.2. The second-order valence-corrected chi connectivity index (χ2v) is 9.43. The number of halogens is 1. The molecule has 0 unspecified atom stereocenters. The van der Waals surface area contributed by atoms with Crippen LogP contribution >= 0.6 is 35.6 Å². The van der Waals surface area contributed by atoms with Crippen LogP contribution in [0, 0.1) is 0 Å². The molecule has 0 spiro atoms. The van der Waals surface area contributed by atoms with Crippen molar-refractivity contribution in [1.82, 2.24) is 4.90 Å². The number of benzene rings is 3. The highest BCUT2D eigenvalue weighted by Gasteiger charge is 2.31. The van der Waals surface area contributed by atoms with Crippen LogP contribution < -0.4 is 9.47 Å². The summed E-state index contributed by atoms with van der Waals surface area (Å²) in [6.07, 6.45) is 2.55. The maximum atomic E-state index is 13.0. The standard InChI is InChI=1S/C26H22ClNO3S2/c1-30-21-12-10-18(11-13-21)14-15-28-25(29)24(33-26(28)32)16-19-6-3-5-9-23(19)31-17-20-7-2-4-8-22(20)27/h2-13,16H,14-15,17H2,1H3. The lowest BCUT2D eigenvalue weighted by Gasteiger charge is -2.14.